The largest absolute Gasteiger partial charge is 0.300 e. The van der Waals surface area contributed by atoms with Crippen molar-refractivity contribution in [3.05, 3.63) is 72.9 Å². The van der Waals surface area contributed by atoms with Crippen molar-refractivity contribution in [2.24, 2.45) is 0 Å². The van der Waals surface area contributed by atoms with Crippen molar-refractivity contribution in [3.8, 4) is 0 Å². The molecule has 0 heterocycles. The van der Waals surface area contributed by atoms with Gasteiger partial charge >= 0.3 is 0 Å². The van der Waals surface area contributed by atoms with Crippen molar-refractivity contribution in [1.82, 2.24) is 0 Å². The number of ketones is 1. The molecule has 0 amide bonds. The van der Waals surface area contributed by atoms with Crippen LogP contribution in [0.4, 0.5) is 0 Å². The number of Topliss-reactive ketones (excluding diaryl/α,β-unsaturated/α-hetero) is 1. The van der Waals surface area contributed by atoms with Crippen LogP contribution in [-0.4, -0.2) is 5.78 Å². The van der Waals surface area contributed by atoms with Gasteiger partial charge in [-0.25, -0.2) is 0 Å². The number of rotatable bonds is 26. The van der Waals surface area contributed by atoms with Gasteiger partial charge < -0.3 is 0 Å². The molecule has 1 heteroatoms. The fourth-order valence-electron chi connectivity index (χ4n) is 3.87. The lowest BCUT2D eigenvalue weighted by molar-refractivity contribution is -0.119. The zero-order valence-corrected chi connectivity index (χ0v) is 24.0. The van der Waals surface area contributed by atoms with E-state index in [-0.39, 0.29) is 0 Å². The average Bonchev–Trinajstić information content (AvgIpc) is 2.88. The van der Waals surface area contributed by atoms with Gasteiger partial charge in [0.15, 0.2) is 0 Å². The number of carbonyl (C=O) groups is 1. The molecule has 0 radical (unpaired) electrons. The molecule has 0 saturated carbocycles. The molecule has 0 bridgehead atoms. The molecule has 36 heavy (non-hydrogen) atoms. The van der Waals surface area contributed by atoms with E-state index < -0.39 is 0 Å². The molecule has 0 unspecified atom stereocenters. The molecule has 0 N–H and O–H groups in total. The van der Waals surface area contributed by atoms with Gasteiger partial charge in [0.2, 0.25) is 0 Å². The van der Waals surface area contributed by atoms with Crippen molar-refractivity contribution >= 4 is 5.78 Å². The van der Waals surface area contributed by atoms with Gasteiger partial charge in [0.25, 0.3) is 0 Å². The second-order valence-electron chi connectivity index (χ2n) is 9.79. The van der Waals surface area contributed by atoms with Crippen molar-refractivity contribution in [1.29, 1.82) is 0 Å². The van der Waals surface area contributed by atoms with Gasteiger partial charge in [0.1, 0.15) is 5.78 Å². The molecule has 0 spiro atoms. The number of allylic oxidation sites excluding steroid dienone is 12. The number of hydrogen-bond acceptors (Lipinski definition) is 1. The first-order chi connectivity index (χ1) is 17.8. The Labute approximate surface area is 225 Å². The lowest BCUT2D eigenvalue weighted by Gasteiger charge is -2.00. The minimum atomic E-state index is 0.444. The van der Waals surface area contributed by atoms with E-state index in [2.05, 4.69) is 86.8 Å². The van der Waals surface area contributed by atoms with Crippen LogP contribution in [0.25, 0.3) is 0 Å². The average molecular weight is 495 g/mol. The Morgan fingerprint density at radius 2 is 0.667 bits per heavy atom. The van der Waals surface area contributed by atoms with E-state index in [1.165, 1.54) is 51.4 Å². The van der Waals surface area contributed by atoms with Crippen molar-refractivity contribution in [2.45, 2.75) is 142 Å². The summed E-state index contributed by atoms with van der Waals surface area (Å²) < 4.78 is 0. The van der Waals surface area contributed by atoms with E-state index >= 15 is 0 Å². The number of unbranched alkanes of at least 4 members (excludes halogenated alkanes) is 10. The fourth-order valence-corrected chi connectivity index (χ4v) is 3.87. The Kier molecular flexibility index (Phi) is 29.5. The molecular formula is C35H58O. The summed E-state index contributed by atoms with van der Waals surface area (Å²) in [6.07, 6.45) is 49.7. The summed E-state index contributed by atoms with van der Waals surface area (Å²) in [7, 11) is 0. The van der Waals surface area contributed by atoms with E-state index in [4.69, 9.17) is 0 Å². The van der Waals surface area contributed by atoms with E-state index in [9.17, 15) is 4.79 Å². The summed E-state index contributed by atoms with van der Waals surface area (Å²) in [6.45, 7) is 4.50. The van der Waals surface area contributed by atoms with E-state index in [0.29, 0.717) is 5.78 Å². The second-order valence-corrected chi connectivity index (χ2v) is 9.79. The minimum absolute atomic E-state index is 0.444. The van der Waals surface area contributed by atoms with Gasteiger partial charge in [-0.15, -0.1) is 0 Å². The Morgan fingerprint density at radius 3 is 0.972 bits per heavy atom. The molecule has 0 aromatic rings. The molecule has 0 atom stereocenters. The van der Waals surface area contributed by atoms with Crippen LogP contribution >= 0.6 is 0 Å². The third-order valence-electron chi connectivity index (χ3n) is 6.19. The van der Waals surface area contributed by atoms with Gasteiger partial charge in [-0.05, 0) is 89.9 Å². The summed E-state index contributed by atoms with van der Waals surface area (Å²) in [5, 5.41) is 0. The molecule has 1 nitrogen and oxygen atoms in total. The van der Waals surface area contributed by atoms with Crippen molar-refractivity contribution < 1.29 is 4.79 Å². The monoisotopic (exact) mass is 494 g/mol. The first-order valence-corrected chi connectivity index (χ1v) is 15.2. The van der Waals surface area contributed by atoms with E-state index in [0.717, 1.165) is 77.0 Å². The molecule has 0 aliphatic heterocycles. The Hall–Kier alpha value is -1.89. The number of carbonyl (C=O) groups excluding carboxylic acids is 1. The van der Waals surface area contributed by atoms with Crippen LogP contribution < -0.4 is 0 Å². The highest BCUT2D eigenvalue weighted by atomic mass is 16.1. The van der Waals surface area contributed by atoms with Crippen LogP contribution in [0.1, 0.15) is 142 Å². The molecule has 0 fully saturated rings. The maximum atomic E-state index is 12.0. The maximum absolute atomic E-state index is 12.0. The van der Waals surface area contributed by atoms with Gasteiger partial charge in [0, 0.05) is 12.8 Å². The lowest BCUT2D eigenvalue weighted by Crippen LogP contribution is -1.97. The highest BCUT2D eigenvalue weighted by Crippen LogP contribution is 2.08. The smallest absolute Gasteiger partial charge is 0.132 e. The van der Waals surface area contributed by atoms with Crippen LogP contribution in [0.3, 0.4) is 0 Å². The Bertz CT molecular complexity index is 575. The zero-order chi connectivity index (χ0) is 26.2. The molecule has 0 rings (SSSR count). The summed E-state index contributed by atoms with van der Waals surface area (Å²) in [5.74, 6) is 0.444. The van der Waals surface area contributed by atoms with Crippen LogP contribution in [0.2, 0.25) is 0 Å². The molecule has 204 valence electrons. The first-order valence-electron chi connectivity index (χ1n) is 15.2. The predicted molar refractivity (Wildman–Crippen MR) is 164 cm³/mol. The van der Waals surface area contributed by atoms with Crippen LogP contribution in [0.5, 0.6) is 0 Å². The summed E-state index contributed by atoms with van der Waals surface area (Å²) in [5.41, 5.74) is 0. The molecular weight excluding hydrogens is 436 g/mol. The summed E-state index contributed by atoms with van der Waals surface area (Å²) >= 11 is 0. The third kappa shape index (κ3) is 30.1. The third-order valence-corrected chi connectivity index (χ3v) is 6.19. The molecule has 0 saturated heterocycles. The normalized spacial score (nSPS) is 12.7. The Morgan fingerprint density at radius 1 is 0.389 bits per heavy atom. The van der Waals surface area contributed by atoms with Gasteiger partial charge in [0.05, 0.1) is 0 Å². The van der Waals surface area contributed by atoms with Crippen LogP contribution in [0, 0.1) is 0 Å². The molecule has 0 aromatic carbocycles. The van der Waals surface area contributed by atoms with E-state index in [1.54, 1.807) is 0 Å². The quantitative estimate of drug-likeness (QED) is 0.0863. The molecule has 0 aliphatic rings. The highest BCUT2D eigenvalue weighted by Gasteiger charge is 2.00. The second kappa shape index (κ2) is 31.1. The lowest BCUT2D eigenvalue weighted by atomic mass is 10.1. The van der Waals surface area contributed by atoms with Crippen molar-refractivity contribution in [3.63, 3.8) is 0 Å². The maximum Gasteiger partial charge on any atom is 0.132 e. The highest BCUT2D eigenvalue weighted by molar-refractivity contribution is 5.78. The minimum Gasteiger partial charge on any atom is -0.300 e. The number of hydrogen-bond donors (Lipinski definition) is 0. The topological polar surface area (TPSA) is 17.1 Å². The molecule has 0 aliphatic carbocycles. The summed E-state index contributed by atoms with van der Waals surface area (Å²) in [4.78, 5) is 12.0. The standard InChI is InChI=1S/C35H58O/c1-3-5-7-9-11-13-15-17-19-21-23-25-27-29-31-33-35(36)34-32-30-28-26-24-22-20-18-16-14-12-10-8-6-4-2/h11-14,17-20,23-26H,3-10,15-16,21-22,27-34H2,1-2H3. The Balaban J connectivity index is 3.46. The van der Waals surface area contributed by atoms with Crippen LogP contribution in [0.15, 0.2) is 72.9 Å². The zero-order valence-electron chi connectivity index (χ0n) is 24.0. The van der Waals surface area contributed by atoms with E-state index in [1.807, 2.05) is 0 Å². The van der Waals surface area contributed by atoms with Crippen molar-refractivity contribution in [2.75, 3.05) is 0 Å². The van der Waals surface area contributed by atoms with Gasteiger partial charge in [-0.3, -0.25) is 4.79 Å². The molecule has 0 aromatic heterocycles. The van der Waals surface area contributed by atoms with Crippen LogP contribution in [-0.2, 0) is 4.79 Å². The fraction of sp³-hybridized carbons (Fsp3) is 0.629. The SMILES string of the molecule is CCCCCC=CCC=CCC=CCCCCC(=O)CCCCC=CCC=CCC=CCCCCC. The van der Waals surface area contributed by atoms with Gasteiger partial charge in [-0.1, -0.05) is 112 Å². The van der Waals surface area contributed by atoms with Gasteiger partial charge in [-0.2, -0.15) is 0 Å². The summed E-state index contributed by atoms with van der Waals surface area (Å²) in [6, 6.07) is 0. The predicted octanol–water partition coefficient (Wildman–Crippen LogP) is 11.7. The first kappa shape index (κ1) is 34.1.